The molecule has 0 aliphatic heterocycles. The number of rotatable bonds is 6. The average molecular weight is 415 g/mol. The van der Waals surface area contributed by atoms with E-state index in [1.54, 1.807) is 29.7 Å². The van der Waals surface area contributed by atoms with E-state index in [0.29, 0.717) is 16.6 Å². The highest BCUT2D eigenvalue weighted by Gasteiger charge is 2.21. The molecular formula is C23H17N3O5. The van der Waals surface area contributed by atoms with Crippen molar-refractivity contribution in [3.8, 4) is 16.9 Å². The predicted octanol–water partition coefficient (Wildman–Crippen LogP) is 2.64. The van der Waals surface area contributed by atoms with Crippen LogP contribution in [0.3, 0.4) is 0 Å². The van der Waals surface area contributed by atoms with Crippen LogP contribution in [0.2, 0.25) is 0 Å². The van der Waals surface area contributed by atoms with Gasteiger partial charge in [0.15, 0.2) is 11.4 Å². The first-order valence-corrected chi connectivity index (χ1v) is 9.35. The number of carbonyl (C=O) groups excluding carboxylic acids is 2. The Morgan fingerprint density at radius 2 is 1.77 bits per heavy atom. The number of benzene rings is 2. The van der Waals surface area contributed by atoms with Gasteiger partial charge < -0.3 is 14.5 Å². The van der Waals surface area contributed by atoms with Crippen molar-refractivity contribution in [2.24, 2.45) is 0 Å². The quantitative estimate of drug-likeness (QED) is 0.370. The van der Waals surface area contributed by atoms with Crippen LogP contribution >= 0.6 is 0 Å². The van der Waals surface area contributed by atoms with Gasteiger partial charge >= 0.3 is 5.97 Å². The molecule has 2 aromatic heterocycles. The van der Waals surface area contributed by atoms with Crippen LogP contribution in [0.1, 0.15) is 16.1 Å². The van der Waals surface area contributed by atoms with E-state index >= 15 is 0 Å². The van der Waals surface area contributed by atoms with Gasteiger partial charge in [-0.15, -0.1) is 0 Å². The highest BCUT2D eigenvalue weighted by atomic mass is 16.7. The second-order valence-corrected chi connectivity index (χ2v) is 6.68. The fourth-order valence-corrected chi connectivity index (χ4v) is 3.35. The molecule has 0 saturated carbocycles. The van der Waals surface area contributed by atoms with Crippen LogP contribution in [0.4, 0.5) is 0 Å². The molecule has 0 spiro atoms. The average Bonchev–Trinajstić information content (AvgIpc) is 2.80. The highest BCUT2D eigenvalue weighted by Crippen LogP contribution is 2.30. The molecule has 31 heavy (non-hydrogen) atoms. The Hall–Kier alpha value is -4.46. The topological polar surface area (TPSA) is 111 Å². The van der Waals surface area contributed by atoms with Crippen molar-refractivity contribution in [2.75, 3.05) is 0 Å². The summed E-state index contributed by atoms with van der Waals surface area (Å²) in [6.07, 6.45) is 1.51. The van der Waals surface area contributed by atoms with Gasteiger partial charge in [0.05, 0.1) is 18.3 Å². The Bertz CT molecular complexity index is 1320. The number of hydrogen-bond acceptors (Lipinski definition) is 6. The van der Waals surface area contributed by atoms with E-state index in [0.717, 1.165) is 5.56 Å². The fourth-order valence-electron chi connectivity index (χ4n) is 3.35. The summed E-state index contributed by atoms with van der Waals surface area (Å²) in [4.78, 5) is 44.4. The number of hydrogen-bond donors (Lipinski definition) is 2. The zero-order valence-corrected chi connectivity index (χ0v) is 16.2. The third kappa shape index (κ3) is 3.86. The third-order valence-electron chi connectivity index (χ3n) is 4.79. The minimum Gasteiger partial charge on any atom is -0.505 e. The lowest BCUT2D eigenvalue weighted by Gasteiger charge is -2.15. The minimum atomic E-state index is -1.03. The molecule has 2 heterocycles. The molecule has 1 amide bonds. The number of aromatic nitrogens is 2. The van der Waals surface area contributed by atoms with Gasteiger partial charge in [-0.3, -0.25) is 9.59 Å². The molecule has 0 unspecified atom stereocenters. The number of carbonyl (C=O) groups is 2. The first kappa shape index (κ1) is 19.8. The molecule has 8 heteroatoms. The van der Waals surface area contributed by atoms with Crippen LogP contribution in [-0.4, -0.2) is 27.0 Å². The van der Waals surface area contributed by atoms with E-state index in [9.17, 15) is 19.5 Å². The summed E-state index contributed by atoms with van der Waals surface area (Å²) in [6, 6.07) is 19.9. The maximum Gasteiger partial charge on any atom is 0.385 e. The van der Waals surface area contributed by atoms with E-state index in [1.165, 1.54) is 16.8 Å². The lowest BCUT2D eigenvalue weighted by molar-refractivity contribution is -0.117. The Morgan fingerprint density at radius 1 is 1.10 bits per heavy atom. The van der Waals surface area contributed by atoms with Crippen LogP contribution in [-0.2, 0) is 16.2 Å². The van der Waals surface area contributed by atoms with E-state index in [2.05, 4.69) is 9.82 Å². The SMILES string of the molecule is O=CNOC(=O)c1ncc2c(cc(-c3ccccc3)c(=O)n2Cc2ccccc2)c1O. The molecule has 8 nitrogen and oxygen atoms in total. The van der Waals surface area contributed by atoms with Crippen molar-refractivity contribution in [1.29, 1.82) is 0 Å². The molecule has 0 aliphatic rings. The number of nitrogens with zero attached hydrogens (tertiary/aromatic N) is 2. The molecule has 2 N–H and O–H groups in total. The molecule has 0 atom stereocenters. The minimum absolute atomic E-state index is 0.182. The Balaban J connectivity index is 1.96. The zero-order valence-electron chi connectivity index (χ0n) is 16.2. The van der Waals surface area contributed by atoms with Crippen LogP contribution in [0, 0.1) is 0 Å². The summed E-state index contributed by atoms with van der Waals surface area (Å²) in [5.74, 6) is -1.48. The van der Waals surface area contributed by atoms with Crippen LogP contribution < -0.4 is 11.0 Å². The first-order valence-electron chi connectivity index (χ1n) is 9.35. The summed E-state index contributed by atoms with van der Waals surface area (Å²) < 4.78 is 1.50. The summed E-state index contributed by atoms with van der Waals surface area (Å²) in [5, 5.41) is 11.0. The van der Waals surface area contributed by atoms with Crippen LogP contribution in [0.15, 0.2) is 77.7 Å². The number of aromatic hydroxyl groups is 1. The molecule has 0 saturated heterocycles. The fraction of sp³-hybridized carbons (Fsp3) is 0.0435. The summed E-state index contributed by atoms with van der Waals surface area (Å²) in [7, 11) is 0. The van der Waals surface area contributed by atoms with E-state index in [-0.39, 0.29) is 29.6 Å². The van der Waals surface area contributed by atoms with Crippen LogP contribution in [0.5, 0.6) is 5.75 Å². The molecule has 4 rings (SSSR count). The van der Waals surface area contributed by atoms with Crippen molar-refractivity contribution < 1.29 is 19.5 Å². The van der Waals surface area contributed by atoms with Gasteiger partial charge in [0.2, 0.25) is 6.41 Å². The van der Waals surface area contributed by atoms with Gasteiger partial charge in [-0.2, -0.15) is 5.48 Å². The number of fused-ring (bicyclic) bond motifs is 1. The van der Waals surface area contributed by atoms with Gasteiger partial charge in [-0.05, 0) is 17.2 Å². The Labute approximate surface area is 176 Å². The smallest absolute Gasteiger partial charge is 0.385 e. The maximum atomic E-state index is 13.4. The summed E-state index contributed by atoms with van der Waals surface area (Å²) >= 11 is 0. The molecule has 4 aromatic rings. The van der Waals surface area contributed by atoms with Gasteiger partial charge in [-0.25, -0.2) is 9.78 Å². The predicted molar refractivity (Wildman–Crippen MR) is 113 cm³/mol. The summed E-state index contributed by atoms with van der Waals surface area (Å²) in [5.41, 5.74) is 3.39. The van der Waals surface area contributed by atoms with Crippen molar-refractivity contribution in [3.63, 3.8) is 0 Å². The second-order valence-electron chi connectivity index (χ2n) is 6.68. The third-order valence-corrected chi connectivity index (χ3v) is 4.79. The number of pyridine rings is 2. The lowest BCUT2D eigenvalue weighted by Crippen LogP contribution is -2.24. The van der Waals surface area contributed by atoms with Gasteiger partial charge in [-0.1, -0.05) is 60.7 Å². The normalized spacial score (nSPS) is 10.6. The molecule has 0 bridgehead atoms. The zero-order chi connectivity index (χ0) is 21.8. The van der Waals surface area contributed by atoms with E-state index in [1.807, 2.05) is 36.4 Å². The number of nitrogens with one attached hydrogen (secondary N) is 1. The monoisotopic (exact) mass is 415 g/mol. The number of amides is 1. The van der Waals surface area contributed by atoms with E-state index in [4.69, 9.17) is 0 Å². The Kier molecular flexibility index (Phi) is 5.44. The van der Waals surface area contributed by atoms with Gasteiger partial charge in [0, 0.05) is 10.9 Å². The molecule has 2 aromatic carbocycles. The second kappa shape index (κ2) is 8.50. The molecule has 0 aliphatic carbocycles. The van der Waals surface area contributed by atoms with Gasteiger partial charge in [0.1, 0.15) is 0 Å². The van der Waals surface area contributed by atoms with Crippen molar-refractivity contribution in [2.45, 2.75) is 6.54 Å². The summed E-state index contributed by atoms with van der Waals surface area (Å²) in [6.45, 7) is 0.245. The van der Waals surface area contributed by atoms with Crippen molar-refractivity contribution in [1.82, 2.24) is 15.0 Å². The maximum absolute atomic E-state index is 13.4. The molecule has 154 valence electrons. The Morgan fingerprint density at radius 3 is 2.45 bits per heavy atom. The molecule has 0 radical (unpaired) electrons. The van der Waals surface area contributed by atoms with Crippen LogP contribution in [0.25, 0.3) is 22.0 Å². The number of hydroxylamine groups is 1. The standard InChI is InChI=1S/C23H17N3O5/c27-14-25-31-23(30)20-21(28)18-11-17(16-9-5-2-6-10-16)22(29)26(19(18)12-24-20)13-15-7-3-1-4-8-15/h1-12,14,28H,13H2,(H,25,27). The highest BCUT2D eigenvalue weighted by molar-refractivity contribution is 5.99. The van der Waals surface area contributed by atoms with Crippen molar-refractivity contribution in [3.05, 3.63) is 94.5 Å². The van der Waals surface area contributed by atoms with Gasteiger partial charge in [0.25, 0.3) is 5.56 Å². The van der Waals surface area contributed by atoms with E-state index < -0.39 is 11.7 Å². The molecular weight excluding hydrogens is 398 g/mol. The largest absolute Gasteiger partial charge is 0.505 e. The lowest BCUT2D eigenvalue weighted by atomic mass is 10.0. The first-order chi connectivity index (χ1) is 15.1. The molecule has 0 fully saturated rings. The van der Waals surface area contributed by atoms with Crippen molar-refractivity contribution >= 4 is 23.3 Å².